The summed E-state index contributed by atoms with van der Waals surface area (Å²) in [5.41, 5.74) is 0. The Morgan fingerprint density at radius 3 is 2.17 bits per heavy atom. The van der Waals surface area contributed by atoms with Crippen molar-refractivity contribution >= 4 is 11.8 Å². The molecule has 1 fully saturated rings. The van der Waals surface area contributed by atoms with E-state index in [0.29, 0.717) is 0 Å². The summed E-state index contributed by atoms with van der Waals surface area (Å²) in [6, 6.07) is 0. The highest BCUT2D eigenvalue weighted by Gasteiger charge is 2.12. The molecule has 1 aliphatic heterocycles. The molecule has 0 aromatic rings. The summed E-state index contributed by atoms with van der Waals surface area (Å²) in [5.74, 6) is 1.27. The van der Waals surface area contributed by atoms with E-state index in [2.05, 4.69) is 24.0 Å². The Morgan fingerprint density at radius 2 is 1.83 bits per heavy atom. The summed E-state index contributed by atoms with van der Waals surface area (Å²) in [6.45, 7) is 12.7. The molecule has 76 valence electrons. The highest BCUT2D eigenvalue weighted by molar-refractivity contribution is 7.99. The molecule has 0 aromatic carbocycles. The molecule has 0 bridgehead atoms. The van der Waals surface area contributed by atoms with Crippen molar-refractivity contribution in [3.05, 3.63) is 0 Å². The minimum atomic E-state index is 0.917. The average Bonchev–Trinajstić information content (AvgIpc) is 2.65. The van der Waals surface area contributed by atoms with Crippen molar-refractivity contribution in [2.45, 2.75) is 46.3 Å². The van der Waals surface area contributed by atoms with E-state index in [0.717, 1.165) is 5.25 Å². The maximum Gasteiger partial charge on any atom is 0.0184 e. The zero-order chi connectivity index (χ0) is 9.82. The van der Waals surface area contributed by atoms with Crippen LogP contribution in [0.1, 0.15) is 41.0 Å². The first-order chi connectivity index (χ1) is 5.93. The highest BCUT2D eigenvalue weighted by atomic mass is 32.2. The van der Waals surface area contributed by atoms with E-state index >= 15 is 0 Å². The lowest BCUT2D eigenvalue weighted by Gasteiger charge is -2.02. The maximum absolute atomic E-state index is 3.34. The predicted molar refractivity (Wildman–Crippen MR) is 62.1 cm³/mol. The van der Waals surface area contributed by atoms with Gasteiger partial charge in [-0.05, 0) is 18.7 Å². The average molecular weight is 191 g/mol. The highest BCUT2D eigenvalue weighted by Crippen LogP contribution is 2.15. The fourth-order valence-corrected chi connectivity index (χ4v) is 2.00. The summed E-state index contributed by atoms with van der Waals surface area (Å²) in [5, 5.41) is 4.25. The third kappa shape index (κ3) is 8.41. The second-order valence-corrected chi connectivity index (χ2v) is 3.65. The Morgan fingerprint density at radius 1 is 1.25 bits per heavy atom. The van der Waals surface area contributed by atoms with Gasteiger partial charge < -0.3 is 5.32 Å². The monoisotopic (exact) mass is 191 g/mol. The van der Waals surface area contributed by atoms with Crippen LogP contribution in [0.4, 0.5) is 0 Å². The number of hydrogen-bond donors (Lipinski definition) is 1. The molecule has 1 heterocycles. The molecule has 0 aromatic heterocycles. The SMILES string of the molecule is CC.CC.CCSC1CCNC1. The van der Waals surface area contributed by atoms with Gasteiger partial charge in [0.25, 0.3) is 0 Å². The van der Waals surface area contributed by atoms with Crippen molar-refractivity contribution in [2.75, 3.05) is 18.8 Å². The van der Waals surface area contributed by atoms with Crippen LogP contribution in [0.15, 0.2) is 0 Å². The van der Waals surface area contributed by atoms with Crippen LogP contribution in [0, 0.1) is 0 Å². The van der Waals surface area contributed by atoms with Crippen LogP contribution in [-0.4, -0.2) is 24.1 Å². The molecule has 0 aliphatic carbocycles. The van der Waals surface area contributed by atoms with E-state index in [-0.39, 0.29) is 0 Å². The van der Waals surface area contributed by atoms with E-state index < -0.39 is 0 Å². The minimum Gasteiger partial charge on any atom is -0.316 e. The molecule has 1 unspecified atom stereocenters. The Balaban J connectivity index is 0. The molecule has 1 N–H and O–H groups in total. The third-order valence-corrected chi connectivity index (χ3v) is 2.62. The largest absolute Gasteiger partial charge is 0.316 e. The van der Waals surface area contributed by atoms with Gasteiger partial charge in [0.15, 0.2) is 0 Å². The fraction of sp³-hybridized carbons (Fsp3) is 1.00. The quantitative estimate of drug-likeness (QED) is 0.719. The van der Waals surface area contributed by atoms with Gasteiger partial charge in [-0.15, -0.1) is 0 Å². The maximum atomic E-state index is 3.34. The molecular formula is C10H25NS. The number of rotatable bonds is 2. The van der Waals surface area contributed by atoms with Crippen LogP contribution >= 0.6 is 11.8 Å². The van der Waals surface area contributed by atoms with E-state index in [4.69, 9.17) is 0 Å². The molecule has 12 heavy (non-hydrogen) atoms. The first-order valence-electron chi connectivity index (χ1n) is 5.26. The summed E-state index contributed by atoms with van der Waals surface area (Å²) in [7, 11) is 0. The van der Waals surface area contributed by atoms with Gasteiger partial charge >= 0.3 is 0 Å². The van der Waals surface area contributed by atoms with Gasteiger partial charge in [0.2, 0.25) is 0 Å². The standard InChI is InChI=1S/C6H13NS.2C2H6/c1-2-8-6-3-4-7-5-6;2*1-2/h6-7H,2-5H2,1H3;2*1-2H3. The Bertz CT molecular complexity index is 60.9. The van der Waals surface area contributed by atoms with Gasteiger partial charge in [-0.3, -0.25) is 0 Å². The Hall–Kier alpha value is 0.310. The second kappa shape index (κ2) is 13.9. The second-order valence-electron chi connectivity index (χ2n) is 2.07. The molecule has 0 spiro atoms. The van der Waals surface area contributed by atoms with Crippen LogP contribution in [0.25, 0.3) is 0 Å². The van der Waals surface area contributed by atoms with Gasteiger partial charge in [0.05, 0.1) is 0 Å². The molecule has 1 saturated heterocycles. The Kier molecular flexibility index (Phi) is 17.1. The Labute approximate surface area is 82.7 Å². The summed E-state index contributed by atoms with van der Waals surface area (Å²) in [6.07, 6.45) is 1.37. The molecule has 1 rings (SSSR count). The van der Waals surface area contributed by atoms with Crippen LogP contribution < -0.4 is 5.32 Å². The molecule has 0 radical (unpaired) electrons. The molecular weight excluding hydrogens is 166 g/mol. The normalized spacial score (nSPS) is 20.2. The molecule has 0 amide bonds. The van der Waals surface area contributed by atoms with Gasteiger partial charge in [0, 0.05) is 11.8 Å². The van der Waals surface area contributed by atoms with E-state index in [1.54, 1.807) is 0 Å². The van der Waals surface area contributed by atoms with Crippen LogP contribution in [0.5, 0.6) is 0 Å². The molecule has 1 atom stereocenters. The molecule has 0 saturated carbocycles. The number of thioether (sulfide) groups is 1. The van der Waals surface area contributed by atoms with Crippen molar-refractivity contribution in [3.63, 3.8) is 0 Å². The lowest BCUT2D eigenvalue weighted by Crippen LogP contribution is -2.10. The van der Waals surface area contributed by atoms with Crippen molar-refractivity contribution in [1.29, 1.82) is 0 Å². The minimum absolute atomic E-state index is 0.917. The topological polar surface area (TPSA) is 12.0 Å². The zero-order valence-corrected chi connectivity index (χ0v) is 10.1. The summed E-state index contributed by atoms with van der Waals surface area (Å²) < 4.78 is 0. The van der Waals surface area contributed by atoms with Gasteiger partial charge in [-0.25, -0.2) is 0 Å². The van der Waals surface area contributed by atoms with Crippen molar-refractivity contribution in [1.82, 2.24) is 5.32 Å². The van der Waals surface area contributed by atoms with Crippen molar-refractivity contribution in [3.8, 4) is 0 Å². The van der Waals surface area contributed by atoms with Crippen molar-refractivity contribution in [2.24, 2.45) is 0 Å². The lowest BCUT2D eigenvalue weighted by molar-refractivity contribution is 0.858. The van der Waals surface area contributed by atoms with Crippen molar-refractivity contribution < 1.29 is 0 Å². The van der Waals surface area contributed by atoms with Gasteiger partial charge in [-0.2, -0.15) is 11.8 Å². The first kappa shape index (κ1) is 14.8. The fourth-order valence-electron chi connectivity index (χ4n) is 1.01. The summed E-state index contributed by atoms with van der Waals surface area (Å²) >= 11 is 2.08. The third-order valence-electron chi connectivity index (χ3n) is 1.42. The lowest BCUT2D eigenvalue weighted by atomic mass is 10.4. The number of nitrogens with one attached hydrogen (secondary N) is 1. The molecule has 1 aliphatic rings. The molecule has 1 nitrogen and oxygen atoms in total. The zero-order valence-electron chi connectivity index (χ0n) is 9.31. The smallest absolute Gasteiger partial charge is 0.0184 e. The first-order valence-corrected chi connectivity index (χ1v) is 6.30. The van der Waals surface area contributed by atoms with Gasteiger partial charge in [-0.1, -0.05) is 34.6 Å². The number of hydrogen-bond acceptors (Lipinski definition) is 2. The summed E-state index contributed by atoms with van der Waals surface area (Å²) in [4.78, 5) is 0. The van der Waals surface area contributed by atoms with E-state index in [9.17, 15) is 0 Å². The molecule has 2 heteroatoms. The van der Waals surface area contributed by atoms with E-state index in [1.807, 2.05) is 27.7 Å². The van der Waals surface area contributed by atoms with Crippen LogP contribution in [0.2, 0.25) is 0 Å². The van der Waals surface area contributed by atoms with Crippen LogP contribution in [-0.2, 0) is 0 Å². The van der Waals surface area contributed by atoms with Gasteiger partial charge in [0.1, 0.15) is 0 Å². The van der Waals surface area contributed by atoms with E-state index in [1.165, 1.54) is 25.3 Å². The predicted octanol–water partition coefficient (Wildman–Crippen LogP) is 3.15. The van der Waals surface area contributed by atoms with Crippen LogP contribution in [0.3, 0.4) is 0 Å².